The van der Waals surface area contributed by atoms with E-state index in [0.29, 0.717) is 25.2 Å². The van der Waals surface area contributed by atoms with Gasteiger partial charge in [0, 0.05) is 6.04 Å². The lowest BCUT2D eigenvalue weighted by molar-refractivity contribution is 0.142. The second kappa shape index (κ2) is 6.02. The number of fused-ring (bicyclic) bond motifs is 1. The van der Waals surface area contributed by atoms with Crippen molar-refractivity contribution in [2.75, 3.05) is 32.8 Å². The molecule has 0 bridgehead atoms. The highest BCUT2D eigenvalue weighted by Gasteiger charge is 2.24. The van der Waals surface area contributed by atoms with Gasteiger partial charge in [-0.15, -0.1) is 0 Å². The van der Waals surface area contributed by atoms with Gasteiger partial charge in [0.2, 0.25) is 0 Å². The first-order chi connectivity index (χ1) is 9.78. The summed E-state index contributed by atoms with van der Waals surface area (Å²) in [5.74, 6) is 2.46. The van der Waals surface area contributed by atoms with Gasteiger partial charge < -0.3 is 15.2 Å². The monoisotopic (exact) mass is 276 g/mol. The molecule has 0 aromatic heterocycles. The van der Waals surface area contributed by atoms with Gasteiger partial charge in [0.25, 0.3) is 0 Å². The van der Waals surface area contributed by atoms with Gasteiger partial charge in [0.15, 0.2) is 11.5 Å². The zero-order valence-electron chi connectivity index (χ0n) is 12.2. The van der Waals surface area contributed by atoms with Crippen LogP contribution in [-0.2, 0) is 0 Å². The van der Waals surface area contributed by atoms with Crippen LogP contribution < -0.4 is 15.2 Å². The number of hydrogen-bond acceptors (Lipinski definition) is 4. The average Bonchev–Trinajstić information content (AvgIpc) is 2.54. The fraction of sp³-hybridized carbons (Fsp3) is 0.625. The van der Waals surface area contributed by atoms with Crippen LogP contribution >= 0.6 is 0 Å². The Balaban J connectivity index is 1.69. The Hall–Kier alpha value is -1.26. The van der Waals surface area contributed by atoms with Crippen LogP contribution in [0.2, 0.25) is 0 Å². The predicted octanol–water partition coefficient (Wildman–Crippen LogP) is 2.19. The molecule has 0 aliphatic carbocycles. The maximum Gasteiger partial charge on any atom is 0.161 e. The average molecular weight is 276 g/mol. The van der Waals surface area contributed by atoms with E-state index in [4.69, 9.17) is 15.2 Å². The maximum absolute atomic E-state index is 5.76. The lowest BCUT2D eigenvalue weighted by Gasteiger charge is -2.36. The number of hydrogen-bond donors (Lipinski definition) is 1. The molecule has 1 aromatic rings. The molecule has 1 fully saturated rings. The van der Waals surface area contributed by atoms with E-state index in [1.807, 2.05) is 6.07 Å². The molecule has 110 valence electrons. The largest absolute Gasteiger partial charge is 0.486 e. The van der Waals surface area contributed by atoms with Crippen LogP contribution in [0.5, 0.6) is 11.5 Å². The molecule has 2 aliphatic rings. The topological polar surface area (TPSA) is 47.7 Å². The molecule has 4 nitrogen and oxygen atoms in total. The van der Waals surface area contributed by atoms with E-state index in [1.165, 1.54) is 18.4 Å². The first kappa shape index (κ1) is 13.7. The van der Waals surface area contributed by atoms with Gasteiger partial charge in [-0.2, -0.15) is 0 Å². The fourth-order valence-corrected chi connectivity index (χ4v) is 3.11. The molecule has 1 aromatic carbocycles. The lowest BCUT2D eigenvalue weighted by Crippen LogP contribution is -2.37. The minimum atomic E-state index is 0.421. The second-order valence-corrected chi connectivity index (χ2v) is 5.79. The molecule has 0 saturated carbocycles. The minimum Gasteiger partial charge on any atom is -0.486 e. The molecule has 4 heteroatoms. The van der Waals surface area contributed by atoms with Crippen molar-refractivity contribution in [3.63, 3.8) is 0 Å². The smallest absolute Gasteiger partial charge is 0.161 e. The third-order valence-electron chi connectivity index (χ3n) is 4.58. The summed E-state index contributed by atoms with van der Waals surface area (Å²) in [6, 6.07) is 6.75. The predicted molar refractivity (Wildman–Crippen MR) is 79.2 cm³/mol. The molecule has 2 N–H and O–H groups in total. The van der Waals surface area contributed by atoms with Crippen molar-refractivity contribution in [3.8, 4) is 11.5 Å². The van der Waals surface area contributed by atoms with Gasteiger partial charge in [-0.05, 0) is 63.0 Å². The summed E-state index contributed by atoms with van der Waals surface area (Å²) < 4.78 is 11.3. The van der Waals surface area contributed by atoms with Crippen LogP contribution in [0, 0.1) is 5.92 Å². The van der Waals surface area contributed by atoms with Crippen LogP contribution in [0.15, 0.2) is 18.2 Å². The first-order valence-corrected chi connectivity index (χ1v) is 7.61. The Morgan fingerprint density at radius 1 is 1.20 bits per heavy atom. The van der Waals surface area contributed by atoms with Crippen LogP contribution in [-0.4, -0.2) is 37.7 Å². The van der Waals surface area contributed by atoms with Crippen molar-refractivity contribution in [1.29, 1.82) is 0 Å². The fourth-order valence-electron chi connectivity index (χ4n) is 3.11. The summed E-state index contributed by atoms with van der Waals surface area (Å²) in [6.45, 7) is 6.66. The maximum atomic E-state index is 5.76. The van der Waals surface area contributed by atoms with E-state index >= 15 is 0 Å². The number of likely N-dealkylation sites (tertiary alicyclic amines) is 1. The summed E-state index contributed by atoms with van der Waals surface area (Å²) in [4.78, 5) is 2.54. The molecule has 20 heavy (non-hydrogen) atoms. The van der Waals surface area contributed by atoms with Crippen molar-refractivity contribution in [3.05, 3.63) is 23.8 Å². The summed E-state index contributed by atoms with van der Waals surface area (Å²) in [5.41, 5.74) is 7.07. The van der Waals surface area contributed by atoms with Gasteiger partial charge in [0.05, 0.1) is 0 Å². The molecule has 1 atom stereocenters. The van der Waals surface area contributed by atoms with Gasteiger partial charge in [-0.3, -0.25) is 4.90 Å². The van der Waals surface area contributed by atoms with Crippen molar-refractivity contribution in [2.24, 2.45) is 11.7 Å². The van der Waals surface area contributed by atoms with E-state index in [0.717, 1.165) is 31.1 Å². The number of ether oxygens (including phenoxy) is 2. The Morgan fingerprint density at radius 2 is 1.90 bits per heavy atom. The number of nitrogens with two attached hydrogens (primary N) is 1. The van der Waals surface area contributed by atoms with E-state index in [9.17, 15) is 0 Å². The normalized spacial score (nSPS) is 21.7. The van der Waals surface area contributed by atoms with Crippen LogP contribution in [0.25, 0.3) is 0 Å². The highest BCUT2D eigenvalue weighted by molar-refractivity contribution is 5.44. The highest BCUT2D eigenvalue weighted by atomic mass is 16.6. The summed E-state index contributed by atoms with van der Waals surface area (Å²) >= 11 is 0. The molecule has 1 unspecified atom stereocenters. The van der Waals surface area contributed by atoms with Gasteiger partial charge >= 0.3 is 0 Å². The Morgan fingerprint density at radius 3 is 2.60 bits per heavy atom. The molecule has 0 amide bonds. The lowest BCUT2D eigenvalue weighted by atomic mass is 9.95. The molecule has 2 aliphatic heterocycles. The summed E-state index contributed by atoms with van der Waals surface area (Å²) in [5, 5.41) is 0. The summed E-state index contributed by atoms with van der Waals surface area (Å²) in [6.07, 6.45) is 2.43. The van der Waals surface area contributed by atoms with Crippen molar-refractivity contribution in [2.45, 2.75) is 25.8 Å². The van der Waals surface area contributed by atoms with Gasteiger partial charge in [-0.1, -0.05) is 6.07 Å². The number of rotatable bonds is 3. The van der Waals surface area contributed by atoms with E-state index < -0.39 is 0 Å². The third-order valence-corrected chi connectivity index (χ3v) is 4.58. The molecular formula is C16H24N2O2. The molecule has 3 rings (SSSR count). The van der Waals surface area contributed by atoms with Crippen LogP contribution in [0.4, 0.5) is 0 Å². The standard InChI is InChI=1S/C16H24N2O2/c1-12(18-6-4-13(11-17)5-7-18)14-2-3-15-16(10-14)20-9-8-19-15/h2-3,10,12-13H,4-9,11,17H2,1H3. The zero-order valence-corrected chi connectivity index (χ0v) is 12.2. The third kappa shape index (κ3) is 2.76. The van der Waals surface area contributed by atoms with Crippen molar-refractivity contribution >= 4 is 0 Å². The zero-order chi connectivity index (χ0) is 13.9. The van der Waals surface area contributed by atoms with Crippen LogP contribution in [0.1, 0.15) is 31.4 Å². The Labute approximate surface area is 120 Å². The first-order valence-electron chi connectivity index (χ1n) is 7.61. The minimum absolute atomic E-state index is 0.421. The van der Waals surface area contributed by atoms with Crippen LogP contribution in [0.3, 0.4) is 0 Å². The highest BCUT2D eigenvalue weighted by Crippen LogP contribution is 2.34. The number of nitrogens with zero attached hydrogens (tertiary/aromatic N) is 1. The number of benzene rings is 1. The molecular weight excluding hydrogens is 252 g/mol. The molecule has 0 spiro atoms. The Kier molecular flexibility index (Phi) is 4.13. The van der Waals surface area contributed by atoms with Gasteiger partial charge in [0.1, 0.15) is 13.2 Å². The van der Waals surface area contributed by atoms with Gasteiger partial charge in [-0.25, -0.2) is 0 Å². The molecule has 1 saturated heterocycles. The number of piperidine rings is 1. The van der Waals surface area contributed by atoms with E-state index in [1.54, 1.807) is 0 Å². The van der Waals surface area contributed by atoms with Crippen molar-refractivity contribution < 1.29 is 9.47 Å². The second-order valence-electron chi connectivity index (χ2n) is 5.79. The SMILES string of the molecule is CC(c1ccc2c(c1)OCCO2)N1CCC(CN)CC1. The Bertz CT molecular complexity index is 456. The quantitative estimate of drug-likeness (QED) is 0.919. The molecule has 2 heterocycles. The molecule has 0 radical (unpaired) electrons. The van der Waals surface area contributed by atoms with E-state index in [2.05, 4.69) is 24.0 Å². The summed E-state index contributed by atoms with van der Waals surface area (Å²) in [7, 11) is 0. The van der Waals surface area contributed by atoms with E-state index in [-0.39, 0.29) is 0 Å². The van der Waals surface area contributed by atoms with Crippen molar-refractivity contribution in [1.82, 2.24) is 4.90 Å².